The highest BCUT2D eigenvalue weighted by atomic mass is 16.2. The number of fused-ring (bicyclic) bond motifs is 1. The lowest BCUT2D eigenvalue weighted by Crippen LogP contribution is -2.23. The molecule has 5 rings (SSSR count). The number of nitrogens with zero attached hydrogens (tertiary/aromatic N) is 4. The Bertz CT molecular complexity index is 1320. The van der Waals surface area contributed by atoms with Crippen molar-refractivity contribution in [1.82, 2.24) is 24.7 Å². The molecule has 8 heteroatoms. The van der Waals surface area contributed by atoms with Gasteiger partial charge in [-0.25, -0.2) is 9.97 Å². The van der Waals surface area contributed by atoms with Gasteiger partial charge in [0.2, 0.25) is 5.91 Å². The largest absolute Gasteiger partial charge is 0.326 e. The van der Waals surface area contributed by atoms with Crippen LogP contribution in [-0.4, -0.2) is 30.6 Å². The predicted octanol–water partition coefficient (Wildman–Crippen LogP) is 3.40. The van der Waals surface area contributed by atoms with Crippen molar-refractivity contribution >= 4 is 22.5 Å². The Morgan fingerprint density at radius 1 is 1.19 bits per heavy atom. The molecule has 2 heterocycles. The summed E-state index contributed by atoms with van der Waals surface area (Å²) in [5.74, 6) is 1.96. The van der Waals surface area contributed by atoms with E-state index in [1.54, 1.807) is 6.07 Å². The van der Waals surface area contributed by atoms with Crippen LogP contribution >= 0.6 is 0 Å². The Balaban J connectivity index is 1.22. The summed E-state index contributed by atoms with van der Waals surface area (Å²) in [4.78, 5) is 33.9. The first-order valence-electron chi connectivity index (χ1n) is 10.4. The zero-order valence-electron chi connectivity index (χ0n) is 17.1. The fourth-order valence-electron chi connectivity index (χ4n) is 3.59. The third kappa shape index (κ3) is 3.96. The SMILES string of the molecule is Cc1cccc2c(=O)n(CCC(=O)Nc3ccc(-c4n[nH]c(C5CC5)n4)cc3)cnc12. The number of anilines is 1. The zero-order valence-corrected chi connectivity index (χ0v) is 17.1. The quantitative estimate of drug-likeness (QED) is 0.503. The van der Waals surface area contributed by atoms with Crippen molar-refractivity contribution in [3.8, 4) is 11.4 Å². The van der Waals surface area contributed by atoms with Crippen molar-refractivity contribution < 1.29 is 4.79 Å². The summed E-state index contributed by atoms with van der Waals surface area (Å²) in [5.41, 5.74) is 3.10. The lowest BCUT2D eigenvalue weighted by molar-refractivity contribution is -0.116. The number of carbonyl (C=O) groups excluding carboxylic acids is 1. The first-order chi connectivity index (χ1) is 15.1. The number of benzene rings is 2. The number of aromatic nitrogens is 5. The summed E-state index contributed by atoms with van der Waals surface area (Å²) in [6, 6.07) is 12.9. The summed E-state index contributed by atoms with van der Waals surface area (Å²) in [6.45, 7) is 2.19. The smallest absolute Gasteiger partial charge is 0.261 e. The molecule has 1 aliphatic rings. The molecule has 0 bridgehead atoms. The lowest BCUT2D eigenvalue weighted by atomic mass is 10.1. The molecule has 1 fully saturated rings. The van der Waals surface area contributed by atoms with E-state index in [2.05, 4.69) is 25.5 Å². The van der Waals surface area contributed by atoms with Gasteiger partial charge < -0.3 is 5.32 Å². The molecule has 0 spiro atoms. The number of nitrogens with one attached hydrogen (secondary N) is 2. The fraction of sp³-hybridized carbons (Fsp3) is 0.261. The van der Waals surface area contributed by atoms with Crippen LogP contribution in [0.1, 0.15) is 36.6 Å². The van der Waals surface area contributed by atoms with Crippen molar-refractivity contribution in [2.75, 3.05) is 5.32 Å². The highest BCUT2D eigenvalue weighted by Gasteiger charge is 2.27. The minimum absolute atomic E-state index is 0.136. The molecule has 4 aromatic rings. The van der Waals surface area contributed by atoms with Crippen LogP contribution in [0.2, 0.25) is 0 Å². The Kier molecular flexibility index (Phi) is 4.82. The number of hydrogen-bond donors (Lipinski definition) is 2. The van der Waals surface area contributed by atoms with E-state index in [0.717, 1.165) is 17.0 Å². The maximum atomic E-state index is 12.6. The minimum atomic E-state index is -0.169. The average molecular weight is 414 g/mol. The maximum absolute atomic E-state index is 12.6. The molecule has 0 saturated heterocycles. The van der Waals surface area contributed by atoms with Gasteiger partial charge >= 0.3 is 0 Å². The van der Waals surface area contributed by atoms with Crippen molar-refractivity contribution in [2.45, 2.75) is 38.6 Å². The molecule has 1 amide bonds. The van der Waals surface area contributed by atoms with E-state index in [1.807, 2.05) is 43.3 Å². The molecule has 2 N–H and O–H groups in total. The molecule has 0 unspecified atom stereocenters. The van der Waals surface area contributed by atoms with Gasteiger partial charge in [0.1, 0.15) is 5.82 Å². The van der Waals surface area contributed by atoms with E-state index in [9.17, 15) is 9.59 Å². The maximum Gasteiger partial charge on any atom is 0.261 e. The van der Waals surface area contributed by atoms with Crippen molar-refractivity contribution in [2.24, 2.45) is 0 Å². The van der Waals surface area contributed by atoms with E-state index >= 15 is 0 Å². The van der Waals surface area contributed by atoms with Crippen LogP contribution in [0.3, 0.4) is 0 Å². The molecule has 1 aliphatic carbocycles. The molecule has 0 radical (unpaired) electrons. The highest BCUT2D eigenvalue weighted by molar-refractivity contribution is 5.91. The normalized spacial score (nSPS) is 13.5. The topological polar surface area (TPSA) is 106 Å². The summed E-state index contributed by atoms with van der Waals surface area (Å²) in [5, 5.41) is 10.7. The second-order valence-corrected chi connectivity index (χ2v) is 7.91. The van der Waals surface area contributed by atoms with Crippen LogP contribution in [0.25, 0.3) is 22.3 Å². The molecular formula is C23H22N6O2. The summed E-state index contributed by atoms with van der Waals surface area (Å²) >= 11 is 0. The third-order valence-corrected chi connectivity index (χ3v) is 5.53. The molecule has 31 heavy (non-hydrogen) atoms. The van der Waals surface area contributed by atoms with E-state index in [0.29, 0.717) is 28.3 Å². The first kappa shape index (κ1) is 19.2. The number of rotatable bonds is 6. The van der Waals surface area contributed by atoms with Gasteiger partial charge in [-0.2, -0.15) is 5.10 Å². The van der Waals surface area contributed by atoms with Crippen molar-refractivity contribution in [3.63, 3.8) is 0 Å². The van der Waals surface area contributed by atoms with Crippen LogP contribution in [0, 0.1) is 6.92 Å². The van der Waals surface area contributed by atoms with Crippen LogP contribution in [-0.2, 0) is 11.3 Å². The number of hydrogen-bond acceptors (Lipinski definition) is 5. The van der Waals surface area contributed by atoms with Gasteiger partial charge in [0.05, 0.1) is 17.2 Å². The van der Waals surface area contributed by atoms with Gasteiger partial charge in [-0.3, -0.25) is 19.3 Å². The fourth-order valence-corrected chi connectivity index (χ4v) is 3.59. The van der Waals surface area contributed by atoms with Gasteiger partial charge in [-0.05, 0) is 55.7 Å². The van der Waals surface area contributed by atoms with Gasteiger partial charge in [-0.1, -0.05) is 12.1 Å². The molecule has 156 valence electrons. The highest BCUT2D eigenvalue weighted by Crippen LogP contribution is 2.38. The predicted molar refractivity (Wildman–Crippen MR) is 118 cm³/mol. The molecule has 0 aliphatic heterocycles. The van der Waals surface area contributed by atoms with Gasteiger partial charge in [-0.15, -0.1) is 0 Å². The monoisotopic (exact) mass is 414 g/mol. The van der Waals surface area contributed by atoms with Gasteiger partial charge in [0.15, 0.2) is 5.82 Å². The van der Waals surface area contributed by atoms with Crippen molar-refractivity contribution in [1.29, 1.82) is 0 Å². The van der Waals surface area contributed by atoms with E-state index in [4.69, 9.17) is 0 Å². The van der Waals surface area contributed by atoms with Crippen LogP contribution in [0.5, 0.6) is 0 Å². The molecular weight excluding hydrogens is 392 g/mol. The summed E-state index contributed by atoms with van der Waals surface area (Å²) in [7, 11) is 0. The number of amides is 1. The summed E-state index contributed by atoms with van der Waals surface area (Å²) < 4.78 is 1.48. The number of H-pyrrole nitrogens is 1. The van der Waals surface area contributed by atoms with E-state index in [-0.39, 0.29) is 24.4 Å². The van der Waals surface area contributed by atoms with E-state index < -0.39 is 0 Å². The third-order valence-electron chi connectivity index (χ3n) is 5.53. The average Bonchev–Trinajstić information content (AvgIpc) is 3.51. The Morgan fingerprint density at radius 3 is 2.77 bits per heavy atom. The number of carbonyl (C=O) groups is 1. The Hall–Kier alpha value is -3.81. The van der Waals surface area contributed by atoms with Crippen LogP contribution in [0.15, 0.2) is 53.6 Å². The Morgan fingerprint density at radius 2 is 2.00 bits per heavy atom. The zero-order chi connectivity index (χ0) is 21.4. The number of para-hydroxylation sites is 1. The molecule has 0 atom stereocenters. The van der Waals surface area contributed by atoms with Crippen LogP contribution in [0.4, 0.5) is 5.69 Å². The van der Waals surface area contributed by atoms with Gasteiger partial charge in [0, 0.05) is 30.1 Å². The minimum Gasteiger partial charge on any atom is -0.326 e. The first-order valence-corrected chi connectivity index (χ1v) is 10.4. The molecule has 1 saturated carbocycles. The van der Waals surface area contributed by atoms with Crippen LogP contribution < -0.4 is 10.9 Å². The standard InChI is InChI=1S/C23H22N6O2/c1-14-3-2-4-18-20(14)24-13-29(23(18)31)12-11-19(30)25-17-9-7-16(8-10-17)22-26-21(27-28-22)15-5-6-15/h2-4,7-10,13,15H,5-6,11-12H2,1H3,(H,25,30)(H,26,27,28). The molecule has 8 nitrogen and oxygen atoms in total. The second-order valence-electron chi connectivity index (χ2n) is 7.91. The second kappa shape index (κ2) is 7.79. The molecule has 2 aromatic carbocycles. The number of aryl methyl sites for hydroxylation is 2. The van der Waals surface area contributed by atoms with E-state index in [1.165, 1.54) is 23.7 Å². The van der Waals surface area contributed by atoms with Crippen molar-refractivity contribution in [3.05, 3.63) is 70.5 Å². The number of aromatic amines is 1. The summed E-state index contributed by atoms with van der Waals surface area (Å²) in [6.07, 6.45) is 4.01. The Labute approximate surface area is 178 Å². The lowest BCUT2D eigenvalue weighted by Gasteiger charge is -2.09. The van der Waals surface area contributed by atoms with Gasteiger partial charge in [0.25, 0.3) is 5.56 Å². The molecule has 2 aromatic heterocycles.